The second-order valence-corrected chi connectivity index (χ2v) is 4.23. The molecule has 0 saturated carbocycles. The van der Waals surface area contributed by atoms with Crippen LogP contribution in [0.15, 0.2) is 36.6 Å². The van der Waals surface area contributed by atoms with Crippen molar-refractivity contribution in [3.05, 3.63) is 42.2 Å². The summed E-state index contributed by atoms with van der Waals surface area (Å²) in [6, 6.07) is 9.17. The minimum Gasteiger partial charge on any atom is -0.515 e. The number of carbonyl (C=O) groups excluding carboxylic acids is 1. The summed E-state index contributed by atoms with van der Waals surface area (Å²) in [5.41, 5.74) is 1.04. The smallest absolute Gasteiger partial charge is 0.255 e. The number of carbonyl (C=O) groups is 1. The number of benzene rings is 1. The minimum atomic E-state index is -0.222. The Kier molecular flexibility index (Phi) is 6.62. The molecule has 18 heavy (non-hydrogen) atoms. The van der Waals surface area contributed by atoms with Gasteiger partial charge in [0.25, 0.3) is 5.91 Å². The first-order valence-electron chi connectivity index (χ1n) is 6.47. The molecule has 1 rings (SSSR count). The summed E-state index contributed by atoms with van der Waals surface area (Å²) in [6.07, 6.45) is 5.35. The number of nitrogens with one attached hydrogen (secondary N) is 1. The number of hydrogen-bond donors (Lipinski definition) is 2. The van der Waals surface area contributed by atoms with Crippen molar-refractivity contribution in [3.63, 3.8) is 0 Å². The highest BCUT2D eigenvalue weighted by Gasteiger charge is 2.10. The topological polar surface area (TPSA) is 49.3 Å². The predicted octanol–water partition coefficient (Wildman–Crippen LogP) is 3.28. The zero-order chi connectivity index (χ0) is 13.2. The summed E-state index contributed by atoms with van der Waals surface area (Å²) in [5.74, 6) is -0.222. The summed E-state index contributed by atoms with van der Waals surface area (Å²) in [6.45, 7) is 2.81. The molecule has 0 saturated heterocycles. The van der Waals surface area contributed by atoms with Crippen molar-refractivity contribution < 1.29 is 9.90 Å². The first-order valence-corrected chi connectivity index (χ1v) is 6.47. The molecular weight excluding hydrogens is 226 g/mol. The average Bonchev–Trinajstić information content (AvgIpc) is 2.40. The molecule has 0 aromatic heterocycles. The second kappa shape index (κ2) is 8.34. The molecule has 1 aromatic rings. The van der Waals surface area contributed by atoms with Gasteiger partial charge in [0, 0.05) is 6.54 Å². The van der Waals surface area contributed by atoms with Crippen LogP contribution in [0.4, 0.5) is 0 Å². The maximum atomic E-state index is 11.9. The average molecular weight is 247 g/mol. The third-order valence-electron chi connectivity index (χ3n) is 2.77. The number of rotatable bonds is 7. The Morgan fingerprint density at radius 3 is 2.56 bits per heavy atom. The fourth-order valence-electron chi connectivity index (χ4n) is 1.73. The fourth-order valence-corrected chi connectivity index (χ4v) is 1.73. The van der Waals surface area contributed by atoms with E-state index in [4.69, 9.17) is 5.11 Å². The first kappa shape index (κ1) is 14.3. The first-order chi connectivity index (χ1) is 8.79. The summed E-state index contributed by atoms with van der Waals surface area (Å²) in [4.78, 5) is 11.9. The zero-order valence-corrected chi connectivity index (χ0v) is 10.9. The van der Waals surface area contributed by atoms with Gasteiger partial charge in [0.15, 0.2) is 0 Å². The molecule has 0 aliphatic heterocycles. The number of aliphatic hydroxyl groups excluding tert-OH is 1. The van der Waals surface area contributed by atoms with E-state index in [1.807, 2.05) is 18.2 Å². The Morgan fingerprint density at radius 2 is 1.94 bits per heavy atom. The number of unbranched alkanes of at least 4 members (excludes halogenated alkanes) is 3. The fraction of sp³-hybridized carbons (Fsp3) is 0.400. The molecule has 0 unspecified atom stereocenters. The summed E-state index contributed by atoms with van der Waals surface area (Å²) >= 11 is 0. The van der Waals surface area contributed by atoms with E-state index in [9.17, 15) is 4.79 Å². The lowest BCUT2D eigenvalue weighted by Crippen LogP contribution is -2.25. The quantitative estimate of drug-likeness (QED) is 0.441. The third kappa shape index (κ3) is 4.62. The van der Waals surface area contributed by atoms with E-state index in [2.05, 4.69) is 12.2 Å². The Balaban J connectivity index is 2.45. The lowest BCUT2D eigenvalue weighted by atomic mass is 10.1. The van der Waals surface area contributed by atoms with Crippen LogP contribution in [0.3, 0.4) is 0 Å². The van der Waals surface area contributed by atoms with Crippen molar-refractivity contribution in [1.82, 2.24) is 5.32 Å². The van der Waals surface area contributed by atoms with Gasteiger partial charge >= 0.3 is 0 Å². The van der Waals surface area contributed by atoms with E-state index in [-0.39, 0.29) is 5.91 Å². The van der Waals surface area contributed by atoms with Crippen LogP contribution in [0, 0.1) is 0 Å². The molecular formula is C15H21NO2. The van der Waals surface area contributed by atoms with Crippen molar-refractivity contribution in [3.8, 4) is 0 Å². The lowest BCUT2D eigenvalue weighted by molar-refractivity contribution is -0.115. The Labute approximate surface area is 109 Å². The van der Waals surface area contributed by atoms with Crippen molar-refractivity contribution in [2.24, 2.45) is 0 Å². The molecule has 2 N–H and O–H groups in total. The summed E-state index contributed by atoms with van der Waals surface area (Å²) < 4.78 is 0. The van der Waals surface area contributed by atoms with Gasteiger partial charge in [-0.05, 0) is 12.0 Å². The normalized spacial score (nSPS) is 11.3. The van der Waals surface area contributed by atoms with Gasteiger partial charge in [-0.25, -0.2) is 0 Å². The third-order valence-corrected chi connectivity index (χ3v) is 2.77. The largest absolute Gasteiger partial charge is 0.515 e. The number of aliphatic hydroxyl groups is 1. The molecule has 0 atom stereocenters. The monoisotopic (exact) mass is 247 g/mol. The summed E-state index contributed by atoms with van der Waals surface area (Å²) in [7, 11) is 0. The van der Waals surface area contributed by atoms with E-state index in [1.54, 1.807) is 12.1 Å². The highest BCUT2D eigenvalue weighted by atomic mass is 16.2. The van der Waals surface area contributed by atoms with Crippen LogP contribution in [0.2, 0.25) is 0 Å². The Bertz CT molecular complexity index is 385. The van der Waals surface area contributed by atoms with Crippen molar-refractivity contribution >= 4 is 11.5 Å². The standard InChI is InChI=1S/C15H21NO2/c1-2-3-4-8-11-16-15(18)14(12-17)13-9-6-5-7-10-13/h5-7,9-10,12,17H,2-4,8,11H2,1H3,(H,16,18)/b14-12+. The molecule has 0 aliphatic rings. The van der Waals surface area contributed by atoms with Crippen molar-refractivity contribution in [2.75, 3.05) is 6.54 Å². The highest BCUT2D eigenvalue weighted by molar-refractivity contribution is 6.19. The maximum Gasteiger partial charge on any atom is 0.255 e. The van der Waals surface area contributed by atoms with Gasteiger partial charge < -0.3 is 10.4 Å². The summed E-state index contributed by atoms with van der Waals surface area (Å²) in [5, 5.41) is 12.0. The van der Waals surface area contributed by atoms with E-state index >= 15 is 0 Å². The van der Waals surface area contributed by atoms with E-state index in [0.717, 1.165) is 24.7 Å². The van der Waals surface area contributed by atoms with Crippen LogP contribution in [-0.2, 0) is 4.79 Å². The molecule has 0 aliphatic carbocycles. The van der Waals surface area contributed by atoms with Gasteiger partial charge in [-0.3, -0.25) is 4.79 Å². The van der Waals surface area contributed by atoms with Gasteiger partial charge in [0.1, 0.15) is 0 Å². The van der Waals surface area contributed by atoms with Gasteiger partial charge in [0.05, 0.1) is 11.8 Å². The van der Waals surface area contributed by atoms with Gasteiger partial charge in [-0.15, -0.1) is 0 Å². The molecule has 0 spiro atoms. The molecule has 98 valence electrons. The van der Waals surface area contributed by atoms with Crippen molar-refractivity contribution in [1.29, 1.82) is 0 Å². The van der Waals surface area contributed by atoms with Crippen LogP contribution in [-0.4, -0.2) is 17.6 Å². The lowest BCUT2D eigenvalue weighted by Gasteiger charge is -2.07. The Hall–Kier alpha value is -1.77. The molecule has 0 heterocycles. The van der Waals surface area contributed by atoms with Crippen LogP contribution >= 0.6 is 0 Å². The van der Waals surface area contributed by atoms with Gasteiger partial charge in [0.2, 0.25) is 0 Å². The second-order valence-electron chi connectivity index (χ2n) is 4.23. The molecule has 1 amide bonds. The minimum absolute atomic E-state index is 0.222. The highest BCUT2D eigenvalue weighted by Crippen LogP contribution is 2.13. The molecule has 3 nitrogen and oxygen atoms in total. The van der Waals surface area contributed by atoms with E-state index in [0.29, 0.717) is 12.1 Å². The van der Waals surface area contributed by atoms with Crippen LogP contribution in [0.5, 0.6) is 0 Å². The maximum absolute atomic E-state index is 11.9. The van der Waals surface area contributed by atoms with Gasteiger partial charge in [-0.2, -0.15) is 0 Å². The predicted molar refractivity (Wildman–Crippen MR) is 74.2 cm³/mol. The SMILES string of the molecule is CCCCCCNC(=O)/C(=C/O)c1ccccc1. The van der Waals surface area contributed by atoms with E-state index < -0.39 is 0 Å². The number of hydrogen-bond acceptors (Lipinski definition) is 2. The molecule has 3 heteroatoms. The van der Waals surface area contributed by atoms with Crippen LogP contribution < -0.4 is 5.32 Å². The molecule has 1 aromatic carbocycles. The molecule has 0 fully saturated rings. The van der Waals surface area contributed by atoms with Crippen LogP contribution in [0.25, 0.3) is 5.57 Å². The number of amides is 1. The Morgan fingerprint density at radius 1 is 1.22 bits per heavy atom. The molecule has 0 bridgehead atoms. The molecule has 0 radical (unpaired) electrons. The zero-order valence-electron chi connectivity index (χ0n) is 10.9. The van der Waals surface area contributed by atoms with Crippen molar-refractivity contribution in [2.45, 2.75) is 32.6 Å². The van der Waals surface area contributed by atoms with E-state index in [1.165, 1.54) is 12.8 Å². The van der Waals surface area contributed by atoms with Gasteiger partial charge in [-0.1, -0.05) is 56.5 Å². The van der Waals surface area contributed by atoms with Crippen LogP contribution in [0.1, 0.15) is 38.2 Å².